The molecule has 2 rings (SSSR count). The van der Waals surface area contributed by atoms with E-state index in [0.29, 0.717) is 12.3 Å². The largest absolute Gasteiger partial charge is 0.417 e. The van der Waals surface area contributed by atoms with Gasteiger partial charge in [0, 0.05) is 13.2 Å². The van der Waals surface area contributed by atoms with Crippen LogP contribution in [0.25, 0.3) is 0 Å². The van der Waals surface area contributed by atoms with Gasteiger partial charge >= 0.3 is 6.18 Å². The van der Waals surface area contributed by atoms with Crippen molar-refractivity contribution in [1.82, 2.24) is 9.99 Å². The molecule has 0 fully saturated rings. The van der Waals surface area contributed by atoms with Gasteiger partial charge < -0.3 is 0 Å². The topological polar surface area (TPSA) is 45.6 Å². The Kier molecular flexibility index (Phi) is 5.64. The number of alkyl halides is 3. The summed E-state index contributed by atoms with van der Waals surface area (Å²) in [4.78, 5) is 15.7. The number of aromatic nitrogens is 1. The highest BCUT2D eigenvalue weighted by Crippen LogP contribution is 2.30. The summed E-state index contributed by atoms with van der Waals surface area (Å²) in [5.41, 5.74) is -1.05. The first-order valence-corrected chi connectivity index (χ1v) is 7.35. The quantitative estimate of drug-likeness (QED) is 0.432. The van der Waals surface area contributed by atoms with Gasteiger partial charge in [-0.15, -0.1) is 0 Å². The Morgan fingerprint density at radius 2 is 1.92 bits per heavy atom. The van der Waals surface area contributed by atoms with Crippen molar-refractivity contribution in [2.45, 2.75) is 6.18 Å². The molecule has 10 heteroatoms. The maximum atomic E-state index is 13.0. The van der Waals surface area contributed by atoms with E-state index in [1.807, 2.05) is 0 Å². The molecule has 0 saturated heterocycles. The van der Waals surface area contributed by atoms with Gasteiger partial charge in [0.1, 0.15) is 11.5 Å². The number of hydrogen-bond acceptors (Lipinski definition) is 3. The molecule has 0 unspecified atom stereocenters. The molecule has 1 aromatic carbocycles. The van der Waals surface area contributed by atoms with Gasteiger partial charge in [0.15, 0.2) is 0 Å². The van der Waals surface area contributed by atoms with Crippen molar-refractivity contribution in [3.05, 3.63) is 63.1 Å². The second-order valence-corrected chi connectivity index (χ2v) is 5.60. The molecular formula is C15H9Cl2F4N3O. The lowest BCUT2D eigenvalue weighted by molar-refractivity contribution is -0.137. The number of amides is 1. The summed E-state index contributed by atoms with van der Waals surface area (Å²) in [6.45, 7) is 0. The van der Waals surface area contributed by atoms with Crippen molar-refractivity contribution in [2.24, 2.45) is 5.10 Å². The highest BCUT2D eigenvalue weighted by atomic mass is 35.5. The normalized spacial score (nSPS) is 11.8. The van der Waals surface area contributed by atoms with Gasteiger partial charge in [0.25, 0.3) is 5.91 Å². The summed E-state index contributed by atoms with van der Waals surface area (Å²) in [6, 6.07) is 3.93. The van der Waals surface area contributed by atoms with Crippen molar-refractivity contribution < 1.29 is 22.4 Å². The van der Waals surface area contributed by atoms with Gasteiger partial charge in [-0.2, -0.15) is 18.3 Å². The molecule has 0 atom stereocenters. The predicted molar refractivity (Wildman–Crippen MR) is 85.3 cm³/mol. The molecule has 0 aliphatic heterocycles. The van der Waals surface area contributed by atoms with E-state index in [4.69, 9.17) is 23.2 Å². The summed E-state index contributed by atoms with van der Waals surface area (Å²) >= 11 is 11.5. The third kappa shape index (κ3) is 4.67. The second-order valence-electron chi connectivity index (χ2n) is 4.79. The van der Waals surface area contributed by atoms with Gasteiger partial charge in [-0.1, -0.05) is 23.2 Å². The van der Waals surface area contributed by atoms with Crippen LogP contribution < -0.4 is 0 Å². The zero-order valence-electron chi connectivity index (χ0n) is 12.5. The van der Waals surface area contributed by atoms with E-state index in [0.717, 1.165) is 23.4 Å². The van der Waals surface area contributed by atoms with E-state index in [1.54, 1.807) is 0 Å². The molecule has 0 N–H and O–H groups in total. The molecule has 1 amide bonds. The number of rotatable bonds is 3. The van der Waals surface area contributed by atoms with E-state index in [-0.39, 0.29) is 21.3 Å². The fourth-order valence-corrected chi connectivity index (χ4v) is 2.19. The van der Waals surface area contributed by atoms with Crippen molar-refractivity contribution >= 4 is 35.3 Å². The van der Waals surface area contributed by atoms with Crippen LogP contribution in [0.5, 0.6) is 0 Å². The smallest absolute Gasteiger partial charge is 0.267 e. The van der Waals surface area contributed by atoms with Gasteiger partial charge in [-0.25, -0.2) is 9.40 Å². The number of hydrogen-bond donors (Lipinski definition) is 0. The van der Waals surface area contributed by atoms with E-state index in [1.165, 1.54) is 13.1 Å². The van der Waals surface area contributed by atoms with Crippen LogP contribution in [0.15, 0.2) is 35.6 Å². The standard InChI is InChI=1S/C15H9Cl2F4N3O/c1-24(14(25)10-3-2-9(18)5-11(10)16)23-7-13-12(17)4-8(6-22-13)15(19,20)21/h2-7H,1H3. The van der Waals surface area contributed by atoms with Crippen LogP contribution >= 0.6 is 23.2 Å². The molecular weight excluding hydrogens is 385 g/mol. The van der Waals surface area contributed by atoms with Crippen LogP contribution in [0.4, 0.5) is 17.6 Å². The Morgan fingerprint density at radius 1 is 1.24 bits per heavy atom. The number of carbonyl (C=O) groups is 1. The molecule has 0 spiro atoms. The Labute approximate surface area is 149 Å². The number of hydrazone groups is 1. The number of benzene rings is 1. The van der Waals surface area contributed by atoms with E-state index in [9.17, 15) is 22.4 Å². The average Bonchev–Trinajstić information content (AvgIpc) is 2.51. The van der Waals surface area contributed by atoms with Gasteiger partial charge in [-0.05, 0) is 24.3 Å². The summed E-state index contributed by atoms with van der Waals surface area (Å²) in [7, 11) is 1.29. The average molecular weight is 394 g/mol. The molecule has 1 heterocycles. The van der Waals surface area contributed by atoms with Gasteiger partial charge in [0.05, 0.1) is 27.4 Å². The van der Waals surface area contributed by atoms with Crippen LogP contribution in [-0.4, -0.2) is 29.2 Å². The summed E-state index contributed by atoms with van der Waals surface area (Å²) in [5.74, 6) is -1.25. The second kappa shape index (κ2) is 7.37. The predicted octanol–water partition coefficient (Wildman–Crippen LogP) is 4.65. The summed E-state index contributed by atoms with van der Waals surface area (Å²) in [5, 5.41) is 4.26. The van der Waals surface area contributed by atoms with Crippen LogP contribution in [0.3, 0.4) is 0 Å². The fraction of sp³-hybridized carbons (Fsp3) is 0.133. The first-order valence-electron chi connectivity index (χ1n) is 6.59. The Morgan fingerprint density at radius 3 is 2.48 bits per heavy atom. The molecule has 0 aliphatic carbocycles. The molecule has 0 saturated carbocycles. The molecule has 4 nitrogen and oxygen atoms in total. The van der Waals surface area contributed by atoms with Gasteiger partial charge in [0.2, 0.25) is 0 Å². The Balaban J connectivity index is 2.19. The van der Waals surface area contributed by atoms with Crippen LogP contribution in [0.2, 0.25) is 10.0 Å². The molecule has 132 valence electrons. The molecule has 2 aromatic rings. The van der Waals surface area contributed by atoms with Crippen molar-refractivity contribution in [3.63, 3.8) is 0 Å². The first kappa shape index (κ1) is 19.1. The molecule has 0 radical (unpaired) electrons. The molecule has 0 aliphatic rings. The number of pyridine rings is 1. The minimum atomic E-state index is -4.57. The summed E-state index contributed by atoms with van der Waals surface area (Å²) in [6.07, 6.45) is -2.94. The zero-order chi connectivity index (χ0) is 18.8. The van der Waals surface area contributed by atoms with Crippen molar-refractivity contribution in [3.8, 4) is 0 Å². The molecule has 25 heavy (non-hydrogen) atoms. The fourth-order valence-electron chi connectivity index (χ4n) is 1.73. The number of carbonyl (C=O) groups excluding carboxylic acids is 1. The first-order chi connectivity index (χ1) is 11.6. The number of halogens is 6. The highest BCUT2D eigenvalue weighted by molar-refractivity contribution is 6.34. The van der Waals surface area contributed by atoms with Gasteiger partial charge in [-0.3, -0.25) is 9.78 Å². The lowest BCUT2D eigenvalue weighted by Gasteiger charge is -2.12. The zero-order valence-corrected chi connectivity index (χ0v) is 14.0. The van der Waals surface area contributed by atoms with E-state index in [2.05, 4.69) is 10.1 Å². The maximum Gasteiger partial charge on any atom is 0.417 e. The highest BCUT2D eigenvalue weighted by Gasteiger charge is 2.31. The summed E-state index contributed by atoms with van der Waals surface area (Å²) < 4.78 is 50.6. The monoisotopic (exact) mass is 393 g/mol. The minimum absolute atomic E-state index is 0.00851. The molecule has 0 bridgehead atoms. The maximum absolute atomic E-state index is 13.0. The Bertz CT molecular complexity index is 840. The molecule has 1 aromatic heterocycles. The van der Waals surface area contributed by atoms with Crippen molar-refractivity contribution in [2.75, 3.05) is 7.05 Å². The van der Waals surface area contributed by atoms with E-state index >= 15 is 0 Å². The van der Waals surface area contributed by atoms with E-state index < -0.39 is 23.5 Å². The lowest BCUT2D eigenvalue weighted by atomic mass is 10.2. The SMILES string of the molecule is CN(N=Cc1ncc(C(F)(F)F)cc1Cl)C(=O)c1ccc(F)cc1Cl. The van der Waals surface area contributed by atoms with Crippen LogP contribution in [0, 0.1) is 5.82 Å². The van der Waals surface area contributed by atoms with Crippen LogP contribution in [-0.2, 0) is 6.18 Å². The third-order valence-electron chi connectivity index (χ3n) is 3.01. The Hall–Kier alpha value is -2.19. The lowest BCUT2D eigenvalue weighted by Crippen LogP contribution is -2.22. The number of nitrogens with zero attached hydrogens (tertiary/aromatic N) is 3. The third-order valence-corrected chi connectivity index (χ3v) is 3.62. The minimum Gasteiger partial charge on any atom is -0.267 e. The van der Waals surface area contributed by atoms with Crippen molar-refractivity contribution in [1.29, 1.82) is 0 Å². The van der Waals surface area contributed by atoms with Crippen LogP contribution in [0.1, 0.15) is 21.6 Å².